The molecule has 2 fully saturated rings. The van der Waals surface area contributed by atoms with Gasteiger partial charge in [-0.15, -0.1) is 0 Å². The minimum absolute atomic E-state index is 0.0389. The Kier molecular flexibility index (Phi) is 6.59. The monoisotopic (exact) mass is 462 g/mol. The van der Waals surface area contributed by atoms with Gasteiger partial charge in [0.15, 0.2) is 0 Å². The van der Waals surface area contributed by atoms with Gasteiger partial charge in [0.05, 0.1) is 6.61 Å². The molecule has 3 aliphatic carbocycles. The molecule has 0 heterocycles. The van der Waals surface area contributed by atoms with E-state index in [1.54, 1.807) is 0 Å². The summed E-state index contributed by atoms with van der Waals surface area (Å²) in [6, 6.07) is 14.0. The van der Waals surface area contributed by atoms with Gasteiger partial charge in [-0.2, -0.15) is 0 Å². The third-order valence-electron chi connectivity index (χ3n) is 8.91. The van der Waals surface area contributed by atoms with E-state index in [4.69, 9.17) is 9.47 Å². The second kappa shape index (κ2) is 9.64. The molecule has 5 rings (SSSR count). The second-order valence-corrected chi connectivity index (χ2v) is 10.9. The number of hydrogen-bond acceptors (Lipinski definition) is 4. The van der Waals surface area contributed by atoms with Crippen LogP contribution in [-0.4, -0.2) is 23.8 Å². The molecule has 0 spiro atoms. The molecule has 0 bridgehead atoms. The van der Waals surface area contributed by atoms with Gasteiger partial charge in [-0.3, -0.25) is 4.79 Å². The van der Waals surface area contributed by atoms with E-state index in [0.29, 0.717) is 36.3 Å². The molecule has 5 atom stereocenters. The van der Waals surface area contributed by atoms with E-state index in [9.17, 15) is 9.90 Å². The predicted molar refractivity (Wildman–Crippen MR) is 133 cm³/mol. The highest BCUT2D eigenvalue weighted by molar-refractivity contribution is 5.70. The van der Waals surface area contributed by atoms with Crippen molar-refractivity contribution in [2.45, 2.75) is 83.7 Å². The van der Waals surface area contributed by atoms with Gasteiger partial charge in [0.1, 0.15) is 17.6 Å². The number of phenolic OH excluding ortho intramolecular Hbond substituents is 1. The molecule has 0 radical (unpaired) electrons. The first-order valence-corrected chi connectivity index (χ1v) is 13.2. The van der Waals surface area contributed by atoms with E-state index in [0.717, 1.165) is 56.4 Å². The van der Waals surface area contributed by atoms with Crippen molar-refractivity contribution in [2.75, 3.05) is 6.61 Å². The highest BCUT2D eigenvalue weighted by Crippen LogP contribution is 2.61. The molecule has 2 aromatic rings. The lowest BCUT2D eigenvalue weighted by molar-refractivity contribution is -0.157. The Labute approximate surface area is 203 Å². The molecule has 4 nitrogen and oxygen atoms in total. The van der Waals surface area contributed by atoms with Crippen LogP contribution in [0, 0.1) is 17.3 Å². The minimum Gasteiger partial charge on any atom is -0.508 e. The van der Waals surface area contributed by atoms with Gasteiger partial charge in [0.25, 0.3) is 0 Å². The average molecular weight is 463 g/mol. The molecule has 34 heavy (non-hydrogen) atoms. The van der Waals surface area contributed by atoms with E-state index < -0.39 is 0 Å². The fourth-order valence-corrected chi connectivity index (χ4v) is 7.15. The van der Waals surface area contributed by atoms with Crippen LogP contribution in [0.4, 0.5) is 0 Å². The molecular weight excluding hydrogens is 424 g/mol. The maximum absolute atomic E-state index is 12.8. The first-order chi connectivity index (χ1) is 16.5. The number of phenols is 1. The van der Waals surface area contributed by atoms with E-state index in [1.807, 2.05) is 36.4 Å². The summed E-state index contributed by atoms with van der Waals surface area (Å²) >= 11 is 0. The quantitative estimate of drug-likeness (QED) is 0.472. The summed E-state index contributed by atoms with van der Waals surface area (Å²) < 4.78 is 11.8. The van der Waals surface area contributed by atoms with Crippen LogP contribution in [0.2, 0.25) is 0 Å². The number of carbonyl (C=O) groups excluding carboxylic acids is 1. The SMILES string of the molecule is CCCOc1ccc(CCC(=O)OC2CCC3C4CCc5cc(O)ccc5C4CCC23C)cc1. The van der Waals surface area contributed by atoms with Crippen LogP contribution in [0.3, 0.4) is 0 Å². The molecular formula is C30H38O4. The number of carbonyl (C=O) groups is 1. The van der Waals surface area contributed by atoms with E-state index in [1.165, 1.54) is 17.5 Å². The maximum Gasteiger partial charge on any atom is 0.306 e. The largest absolute Gasteiger partial charge is 0.508 e. The van der Waals surface area contributed by atoms with Gasteiger partial charge in [-0.05, 0) is 110 Å². The third kappa shape index (κ3) is 4.44. The molecule has 4 heteroatoms. The predicted octanol–water partition coefficient (Wildman–Crippen LogP) is 6.58. The van der Waals surface area contributed by atoms with Gasteiger partial charge in [-0.1, -0.05) is 32.0 Å². The van der Waals surface area contributed by atoms with Crippen molar-refractivity contribution in [3.8, 4) is 11.5 Å². The molecule has 2 saturated carbocycles. The van der Waals surface area contributed by atoms with Crippen LogP contribution >= 0.6 is 0 Å². The topological polar surface area (TPSA) is 55.8 Å². The van der Waals surface area contributed by atoms with Crippen LogP contribution in [0.25, 0.3) is 0 Å². The molecule has 0 saturated heterocycles. The molecule has 182 valence electrons. The van der Waals surface area contributed by atoms with Crippen LogP contribution < -0.4 is 4.74 Å². The summed E-state index contributed by atoms with van der Waals surface area (Å²) in [7, 11) is 0. The molecule has 5 unspecified atom stereocenters. The third-order valence-corrected chi connectivity index (χ3v) is 8.91. The summed E-state index contributed by atoms with van der Waals surface area (Å²) in [5.74, 6) is 3.06. The van der Waals surface area contributed by atoms with Crippen LogP contribution in [0.1, 0.15) is 81.4 Å². The molecule has 0 amide bonds. The van der Waals surface area contributed by atoms with E-state index >= 15 is 0 Å². The van der Waals surface area contributed by atoms with Crippen molar-refractivity contribution >= 4 is 5.97 Å². The number of esters is 1. The van der Waals surface area contributed by atoms with Gasteiger partial charge in [0.2, 0.25) is 0 Å². The normalized spacial score (nSPS) is 29.6. The van der Waals surface area contributed by atoms with Crippen LogP contribution in [0.5, 0.6) is 11.5 Å². The number of rotatable bonds is 7. The molecule has 0 aliphatic heterocycles. The zero-order valence-electron chi connectivity index (χ0n) is 20.6. The first-order valence-electron chi connectivity index (χ1n) is 13.2. The summed E-state index contributed by atoms with van der Waals surface area (Å²) in [6.45, 7) is 5.20. The Morgan fingerprint density at radius 1 is 1.09 bits per heavy atom. The first kappa shape index (κ1) is 23.3. The number of ether oxygens (including phenoxy) is 2. The zero-order valence-corrected chi connectivity index (χ0v) is 20.6. The standard InChI is InChI=1S/C30H38O4/c1-3-18-33-23-9-4-20(5-10-23)6-15-29(32)34-28-14-13-27-26-11-7-21-19-22(31)8-12-24(21)25(26)16-17-30(27,28)2/h4-5,8-10,12,19,25-28,31H,3,6-7,11,13-18H2,1-2H3. The summed E-state index contributed by atoms with van der Waals surface area (Å²) in [4.78, 5) is 12.8. The Morgan fingerprint density at radius 2 is 1.91 bits per heavy atom. The van der Waals surface area contributed by atoms with Crippen molar-refractivity contribution in [1.29, 1.82) is 0 Å². The van der Waals surface area contributed by atoms with Gasteiger partial charge in [-0.25, -0.2) is 0 Å². The molecule has 1 N–H and O–H groups in total. The van der Waals surface area contributed by atoms with Crippen molar-refractivity contribution in [2.24, 2.45) is 17.3 Å². The lowest BCUT2D eigenvalue weighted by Crippen LogP contribution is -2.45. The number of aryl methyl sites for hydroxylation is 2. The van der Waals surface area contributed by atoms with E-state index in [2.05, 4.69) is 19.9 Å². The van der Waals surface area contributed by atoms with Crippen LogP contribution in [0.15, 0.2) is 42.5 Å². The Morgan fingerprint density at radius 3 is 2.71 bits per heavy atom. The Bertz CT molecular complexity index is 1010. The lowest BCUT2D eigenvalue weighted by Gasteiger charge is -2.50. The fourth-order valence-electron chi connectivity index (χ4n) is 7.15. The Hall–Kier alpha value is -2.49. The number of benzene rings is 2. The highest BCUT2D eigenvalue weighted by atomic mass is 16.5. The summed E-state index contributed by atoms with van der Waals surface area (Å²) in [5, 5.41) is 9.90. The summed E-state index contributed by atoms with van der Waals surface area (Å²) in [5.41, 5.74) is 4.01. The highest BCUT2D eigenvalue weighted by Gasteiger charge is 2.56. The zero-order chi connectivity index (χ0) is 23.7. The van der Waals surface area contributed by atoms with Crippen molar-refractivity contribution in [1.82, 2.24) is 0 Å². The van der Waals surface area contributed by atoms with Gasteiger partial charge < -0.3 is 14.6 Å². The second-order valence-electron chi connectivity index (χ2n) is 10.9. The number of fused-ring (bicyclic) bond motifs is 5. The molecule has 0 aromatic heterocycles. The smallest absolute Gasteiger partial charge is 0.306 e. The summed E-state index contributed by atoms with van der Waals surface area (Å²) in [6.07, 6.45) is 8.79. The van der Waals surface area contributed by atoms with Gasteiger partial charge in [0, 0.05) is 11.8 Å². The Balaban J connectivity index is 1.18. The van der Waals surface area contributed by atoms with Crippen molar-refractivity contribution in [3.63, 3.8) is 0 Å². The van der Waals surface area contributed by atoms with Gasteiger partial charge >= 0.3 is 5.97 Å². The van der Waals surface area contributed by atoms with Crippen molar-refractivity contribution < 1.29 is 19.4 Å². The number of hydrogen-bond donors (Lipinski definition) is 1. The minimum atomic E-state index is -0.0650. The van der Waals surface area contributed by atoms with E-state index in [-0.39, 0.29) is 17.5 Å². The molecule has 2 aromatic carbocycles. The fraction of sp³-hybridized carbons (Fsp3) is 0.567. The van der Waals surface area contributed by atoms with Crippen molar-refractivity contribution in [3.05, 3.63) is 59.2 Å². The average Bonchev–Trinajstić information content (AvgIpc) is 3.17. The maximum atomic E-state index is 12.8. The number of aromatic hydroxyl groups is 1. The van der Waals surface area contributed by atoms with Crippen LogP contribution in [-0.2, 0) is 22.4 Å². The lowest BCUT2D eigenvalue weighted by atomic mass is 9.55. The molecule has 3 aliphatic rings.